The van der Waals surface area contributed by atoms with E-state index in [9.17, 15) is 4.79 Å². The topological polar surface area (TPSA) is 79.4 Å². The maximum Gasteiger partial charge on any atom is 0.360 e. The molecule has 0 unspecified atom stereocenters. The number of nitrogens with two attached hydrogens (primary N) is 1. The summed E-state index contributed by atoms with van der Waals surface area (Å²) >= 11 is 0. The van der Waals surface area contributed by atoms with Crippen LogP contribution in [-0.2, 0) is 9.47 Å². The van der Waals surface area contributed by atoms with Crippen molar-refractivity contribution in [3.05, 3.63) is 42.2 Å². The third-order valence-electron chi connectivity index (χ3n) is 2.26. The number of anilines is 1. The molecule has 94 valence electrons. The Hall–Kier alpha value is -2.34. The van der Waals surface area contributed by atoms with Crippen molar-refractivity contribution in [2.75, 3.05) is 19.6 Å². The van der Waals surface area contributed by atoms with Gasteiger partial charge in [0.2, 0.25) is 0 Å². The smallest absolute Gasteiger partial charge is 0.360 e. The summed E-state index contributed by atoms with van der Waals surface area (Å²) in [5, 5.41) is 4.11. The fourth-order valence-corrected chi connectivity index (χ4v) is 1.39. The molecule has 1 heterocycles. The zero-order valence-electron chi connectivity index (χ0n) is 9.87. The molecule has 6 nitrogen and oxygen atoms in total. The van der Waals surface area contributed by atoms with Crippen LogP contribution in [0.25, 0.3) is 5.69 Å². The van der Waals surface area contributed by atoms with E-state index < -0.39 is 5.97 Å². The Kier molecular flexibility index (Phi) is 3.59. The number of hydrogen-bond donors (Lipinski definition) is 1. The number of esters is 1. The molecule has 2 rings (SSSR count). The Bertz CT molecular complexity index is 534. The van der Waals surface area contributed by atoms with Crippen molar-refractivity contribution in [3.8, 4) is 5.69 Å². The van der Waals surface area contributed by atoms with Crippen molar-refractivity contribution in [2.24, 2.45) is 0 Å². The molecule has 0 aliphatic heterocycles. The standard InChI is InChI=1S/C12H13N3O3/c1-17-8-18-12(16)11-6-7-15(14-11)10-4-2-9(13)3-5-10/h2-7H,8,13H2,1H3. The first-order valence-electron chi connectivity index (χ1n) is 5.28. The summed E-state index contributed by atoms with van der Waals surface area (Å²) < 4.78 is 11.0. The molecule has 1 aromatic carbocycles. The van der Waals surface area contributed by atoms with Gasteiger partial charge in [-0.25, -0.2) is 9.48 Å². The summed E-state index contributed by atoms with van der Waals surface area (Å²) in [5.41, 5.74) is 7.31. The van der Waals surface area contributed by atoms with Crippen LogP contribution in [0.15, 0.2) is 36.5 Å². The average Bonchev–Trinajstić information content (AvgIpc) is 2.86. The summed E-state index contributed by atoms with van der Waals surface area (Å²) in [6.45, 7) is -0.0897. The number of aromatic nitrogens is 2. The molecule has 0 aliphatic carbocycles. The minimum atomic E-state index is -0.522. The minimum Gasteiger partial charge on any atom is -0.434 e. The molecule has 0 saturated carbocycles. The summed E-state index contributed by atoms with van der Waals surface area (Å²) in [4.78, 5) is 11.5. The Morgan fingerprint density at radius 2 is 2.06 bits per heavy atom. The third kappa shape index (κ3) is 2.67. The monoisotopic (exact) mass is 247 g/mol. The van der Waals surface area contributed by atoms with Gasteiger partial charge in [-0.2, -0.15) is 5.10 Å². The van der Waals surface area contributed by atoms with E-state index in [1.165, 1.54) is 7.11 Å². The van der Waals surface area contributed by atoms with Crippen molar-refractivity contribution < 1.29 is 14.3 Å². The predicted octanol–water partition coefficient (Wildman–Crippen LogP) is 1.22. The van der Waals surface area contributed by atoms with Crippen LogP contribution in [0, 0.1) is 0 Å². The van der Waals surface area contributed by atoms with Gasteiger partial charge in [-0.15, -0.1) is 0 Å². The number of hydrogen-bond acceptors (Lipinski definition) is 5. The van der Waals surface area contributed by atoms with Crippen LogP contribution in [0.2, 0.25) is 0 Å². The zero-order chi connectivity index (χ0) is 13.0. The lowest BCUT2D eigenvalue weighted by molar-refractivity contribution is -0.0130. The van der Waals surface area contributed by atoms with Crippen molar-refractivity contribution in [1.82, 2.24) is 9.78 Å². The van der Waals surface area contributed by atoms with Gasteiger partial charge in [-0.05, 0) is 30.3 Å². The highest BCUT2D eigenvalue weighted by molar-refractivity contribution is 5.87. The van der Waals surface area contributed by atoms with Crippen molar-refractivity contribution in [3.63, 3.8) is 0 Å². The number of nitrogen functional groups attached to an aromatic ring is 1. The quantitative estimate of drug-likeness (QED) is 0.499. The molecule has 0 amide bonds. The average molecular weight is 247 g/mol. The first-order chi connectivity index (χ1) is 8.70. The lowest BCUT2D eigenvalue weighted by Gasteiger charge is -2.02. The van der Waals surface area contributed by atoms with Gasteiger partial charge >= 0.3 is 5.97 Å². The fourth-order valence-electron chi connectivity index (χ4n) is 1.39. The van der Waals surface area contributed by atoms with E-state index in [1.54, 1.807) is 29.1 Å². The maximum absolute atomic E-state index is 11.5. The van der Waals surface area contributed by atoms with Gasteiger partial charge in [0.1, 0.15) is 0 Å². The van der Waals surface area contributed by atoms with E-state index >= 15 is 0 Å². The molecule has 18 heavy (non-hydrogen) atoms. The van der Waals surface area contributed by atoms with Crippen LogP contribution in [0.5, 0.6) is 0 Å². The van der Waals surface area contributed by atoms with Crippen molar-refractivity contribution >= 4 is 11.7 Å². The Morgan fingerprint density at radius 1 is 1.33 bits per heavy atom. The van der Waals surface area contributed by atoms with E-state index in [4.69, 9.17) is 10.5 Å². The predicted molar refractivity (Wildman–Crippen MR) is 65.3 cm³/mol. The highest BCUT2D eigenvalue weighted by Gasteiger charge is 2.11. The van der Waals surface area contributed by atoms with Gasteiger partial charge in [0.05, 0.1) is 5.69 Å². The highest BCUT2D eigenvalue weighted by atomic mass is 16.7. The second kappa shape index (κ2) is 5.33. The van der Waals surface area contributed by atoms with E-state index in [-0.39, 0.29) is 12.5 Å². The second-order valence-electron chi connectivity index (χ2n) is 3.58. The van der Waals surface area contributed by atoms with Gasteiger partial charge in [0.15, 0.2) is 12.5 Å². The number of nitrogens with zero attached hydrogens (tertiary/aromatic N) is 2. The van der Waals surface area contributed by atoms with Gasteiger partial charge in [-0.3, -0.25) is 0 Å². The van der Waals surface area contributed by atoms with Crippen LogP contribution in [0.4, 0.5) is 5.69 Å². The number of benzene rings is 1. The fraction of sp³-hybridized carbons (Fsp3) is 0.167. The molecule has 2 aromatic rings. The molecular formula is C12H13N3O3. The minimum absolute atomic E-state index is 0.0897. The largest absolute Gasteiger partial charge is 0.434 e. The first kappa shape index (κ1) is 12.1. The Morgan fingerprint density at radius 3 is 2.72 bits per heavy atom. The van der Waals surface area contributed by atoms with E-state index in [0.717, 1.165) is 5.69 Å². The molecule has 6 heteroatoms. The molecular weight excluding hydrogens is 234 g/mol. The number of carbonyl (C=O) groups is 1. The third-order valence-corrected chi connectivity index (χ3v) is 2.26. The molecule has 0 saturated heterocycles. The van der Waals surface area contributed by atoms with Crippen LogP contribution in [-0.4, -0.2) is 29.7 Å². The normalized spacial score (nSPS) is 10.3. The van der Waals surface area contributed by atoms with Gasteiger partial charge in [0.25, 0.3) is 0 Å². The maximum atomic E-state index is 11.5. The van der Waals surface area contributed by atoms with Crippen LogP contribution < -0.4 is 5.73 Å². The SMILES string of the molecule is COCOC(=O)c1ccn(-c2ccc(N)cc2)n1. The van der Waals surface area contributed by atoms with E-state index in [2.05, 4.69) is 9.84 Å². The van der Waals surface area contributed by atoms with Crippen molar-refractivity contribution in [2.45, 2.75) is 0 Å². The summed E-state index contributed by atoms with van der Waals surface area (Å²) in [7, 11) is 1.44. The number of rotatable bonds is 4. The van der Waals surface area contributed by atoms with Gasteiger partial charge < -0.3 is 15.2 Å². The molecule has 0 atom stereocenters. The summed E-state index contributed by atoms with van der Waals surface area (Å²) in [6.07, 6.45) is 1.68. The second-order valence-corrected chi connectivity index (χ2v) is 3.58. The van der Waals surface area contributed by atoms with E-state index in [0.29, 0.717) is 5.69 Å². The van der Waals surface area contributed by atoms with Crippen LogP contribution >= 0.6 is 0 Å². The molecule has 1 aromatic heterocycles. The molecule has 0 aliphatic rings. The lowest BCUT2D eigenvalue weighted by Crippen LogP contribution is -2.09. The number of methoxy groups -OCH3 is 1. The molecule has 0 bridgehead atoms. The Labute approximate surface area is 104 Å². The summed E-state index contributed by atoms with van der Waals surface area (Å²) in [6, 6.07) is 8.73. The molecule has 0 fully saturated rings. The summed E-state index contributed by atoms with van der Waals surface area (Å²) in [5.74, 6) is -0.522. The first-order valence-corrected chi connectivity index (χ1v) is 5.28. The zero-order valence-corrected chi connectivity index (χ0v) is 9.87. The number of ether oxygens (including phenoxy) is 2. The van der Waals surface area contributed by atoms with Gasteiger partial charge in [-0.1, -0.05) is 0 Å². The van der Waals surface area contributed by atoms with Crippen LogP contribution in [0.3, 0.4) is 0 Å². The van der Waals surface area contributed by atoms with Crippen molar-refractivity contribution in [1.29, 1.82) is 0 Å². The van der Waals surface area contributed by atoms with E-state index in [1.807, 2.05) is 12.1 Å². The molecule has 0 spiro atoms. The number of carbonyl (C=O) groups excluding carboxylic acids is 1. The Balaban J connectivity index is 2.15. The molecule has 2 N–H and O–H groups in total. The molecule has 0 radical (unpaired) electrons. The highest BCUT2D eigenvalue weighted by Crippen LogP contribution is 2.11. The van der Waals surface area contributed by atoms with Crippen LogP contribution in [0.1, 0.15) is 10.5 Å². The van der Waals surface area contributed by atoms with Gasteiger partial charge in [0, 0.05) is 19.0 Å². The lowest BCUT2D eigenvalue weighted by atomic mass is 10.3.